The summed E-state index contributed by atoms with van der Waals surface area (Å²) in [5.74, 6) is 0. The van der Waals surface area contributed by atoms with Crippen molar-refractivity contribution in [3.63, 3.8) is 0 Å². The van der Waals surface area contributed by atoms with Crippen LogP contribution in [0.1, 0.15) is 49.3 Å². The molecule has 0 bridgehead atoms. The Kier molecular flexibility index (Phi) is 3.47. The fourth-order valence-corrected chi connectivity index (χ4v) is 4.85. The third kappa shape index (κ3) is 2.31. The number of rotatable bonds is 3. The Labute approximate surface area is 152 Å². The number of aliphatic imine (C=N–C) groups is 1. The van der Waals surface area contributed by atoms with Crippen LogP contribution < -0.4 is 0 Å². The number of hydrogen-bond acceptors (Lipinski definition) is 4. The molecule has 0 amide bonds. The highest BCUT2D eigenvalue weighted by Gasteiger charge is 2.65. The highest BCUT2D eigenvalue weighted by Crippen LogP contribution is 2.59. The van der Waals surface area contributed by atoms with E-state index in [1.165, 1.54) is 30.5 Å². The van der Waals surface area contributed by atoms with Gasteiger partial charge in [-0.15, -0.1) is 0 Å². The van der Waals surface area contributed by atoms with Gasteiger partial charge in [-0.1, -0.05) is 48.9 Å². The highest BCUT2D eigenvalue weighted by molar-refractivity contribution is 6.08. The molecule has 0 N–H and O–H groups in total. The molecule has 5 heteroatoms. The number of benzene rings is 2. The summed E-state index contributed by atoms with van der Waals surface area (Å²) in [6.45, 7) is 0. The minimum atomic E-state index is -0.336. The molecule has 26 heavy (non-hydrogen) atoms. The lowest BCUT2D eigenvalue weighted by molar-refractivity contribution is -0.384. The summed E-state index contributed by atoms with van der Waals surface area (Å²) in [5, 5.41) is 10.9. The molecule has 1 saturated heterocycles. The summed E-state index contributed by atoms with van der Waals surface area (Å²) in [5.41, 5.74) is 3.64. The second-order valence-electron chi connectivity index (χ2n) is 7.55. The van der Waals surface area contributed by atoms with Crippen LogP contribution in [0, 0.1) is 10.1 Å². The average Bonchev–Trinajstić information content (AvgIpc) is 3.36. The van der Waals surface area contributed by atoms with Gasteiger partial charge in [0.1, 0.15) is 5.66 Å². The molecule has 2 aromatic rings. The number of nitro groups is 1. The number of nitro benzene ring substituents is 1. The minimum absolute atomic E-state index is 0.0689. The molecule has 2 fully saturated rings. The van der Waals surface area contributed by atoms with E-state index in [1.807, 2.05) is 18.2 Å². The van der Waals surface area contributed by atoms with Gasteiger partial charge < -0.3 is 0 Å². The SMILES string of the molecule is O=[N+]([O-])c1ccc([C@H]2[C@H]3C(c4ccccc4)=NC4(CCCCC4)N32)cc1. The maximum absolute atomic E-state index is 10.9. The molecule has 5 nitrogen and oxygen atoms in total. The monoisotopic (exact) mass is 347 g/mol. The van der Waals surface area contributed by atoms with Crippen LogP contribution in [0.15, 0.2) is 59.6 Å². The predicted octanol–water partition coefficient (Wildman–Crippen LogP) is 4.48. The van der Waals surface area contributed by atoms with Gasteiger partial charge >= 0.3 is 0 Å². The van der Waals surface area contributed by atoms with Crippen LogP contribution in [0.5, 0.6) is 0 Å². The fraction of sp³-hybridized carbons (Fsp3) is 0.381. The van der Waals surface area contributed by atoms with Gasteiger partial charge in [0.25, 0.3) is 5.69 Å². The van der Waals surface area contributed by atoms with Crippen LogP contribution >= 0.6 is 0 Å². The molecule has 2 aliphatic heterocycles. The smallest absolute Gasteiger partial charge is 0.265 e. The van der Waals surface area contributed by atoms with Gasteiger partial charge in [0.05, 0.1) is 22.7 Å². The molecule has 0 aromatic heterocycles. The highest BCUT2D eigenvalue weighted by atomic mass is 16.6. The Bertz CT molecular complexity index is 870. The average molecular weight is 347 g/mol. The first-order valence-corrected chi connectivity index (χ1v) is 9.38. The summed E-state index contributed by atoms with van der Waals surface area (Å²) in [7, 11) is 0. The Hall–Kier alpha value is -2.53. The van der Waals surface area contributed by atoms with Crippen molar-refractivity contribution in [1.29, 1.82) is 0 Å². The second-order valence-corrected chi connectivity index (χ2v) is 7.55. The molecular weight excluding hydrogens is 326 g/mol. The molecule has 1 aliphatic carbocycles. The Morgan fingerprint density at radius 1 is 0.962 bits per heavy atom. The molecule has 2 heterocycles. The zero-order valence-electron chi connectivity index (χ0n) is 14.5. The molecule has 1 saturated carbocycles. The topological polar surface area (TPSA) is 58.5 Å². The number of fused-ring (bicyclic) bond motifs is 2. The summed E-state index contributed by atoms with van der Waals surface area (Å²) in [6.07, 6.45) is 5.97. The van der Waals surface area contributed by atoms with Crippen LogP contribution in [0.3, 0.4) is 0 Å². The first-order valence-electron chi connectivity index (χ1n) is 9.38. The molecule has 0 radical (unpaired) electrons. The molecule has 5 rings (SSSR count). The third-order valence-electron chi connectivity index (χ3n) is 6.07. The number of nitrogens with zero attached hydrogens (tertiary/aromatic N) is 3. The van der Waals surface area contributed by atoms with Crippen molar-refractivity contribution in [2.45, 2.75) is 49.9 Å². The van der Waals surface area contributed by atoms with Gasteiger partial charge in [0, 0.05) is 12.1 Å². The van der Waals surface area contributed by atoms with Gasteiger partial charge in [0.2, 0.25) is 0 Å². The van der Waals surface area contributed by atoms with Gasteiger partial charge in [-0.3, -0.25) is 20.0 Å². The Balaban J connectivity index is 1.52. The van der Waals surface area contributed by atoms with Crippen molar-refractivity contribution in [2.75, 3.05) is 0 Å². The second kappa shape index (κ2) is 5.74. The van der Waals surface area contributed by atoms with E-state index in [2.05, 4.69) is 29.2 Å². The van der Waals surface area contributed by atoms with Gasteiger partial charge in [-0.25, -0.2) is 0 Å². The Morgan fingerprint density at radius 3 is 2.31 bits per heavy atom. The molecule has 3 aliphatic rings. The van der Waals surface area contributed by atoms with Crippen LogP contribution in [-0.4, -0.2) is 27.2 Å². The van der Waals surface area contributed by atoms with E-state index in [9.17, 15) is 10.1 Å². The fourth-order valence-electron chi connectivity index (χ4n) is 4.85. The van der Waals surface area contributed by atoms with E-state index in [1.54, 1.807) is 12.1 Å². The van der Waals surface area contributed by atoms with E-state index in [-0.39, 0.29) is 16.3 Å². The lowest BCUT2D eigenvalue weighted by Gasteiger charge is -2.34. The molecule has 132 valence electrons. The van der Waals surface area contributed by atoms with Crippen molar-refractivity contribution in [3.05, 3.63) is 75.8 Å². The quantitative estimate of drug-likeness (QED) is 0.467. The molecule has 1 unspecified atom stereocenters. The minimum Gasteiger partial charge on any atom is -0.265 e. The molecule has 3 atom stereocenters. The summed E-state index contributed by atoms with van der Waals surface area (Å²) in [6, 6.07) is 18.1. The number of non-ortho nitro benzene ring substituents is 1. The normalized spacial score (nSPS) is 28.5. The first-order chi connectivity index (χ1) is 12.7. The maximum Gasteiger partial charge on any atom is 0.269 e. The zero-order chi connectivity index (χ0) is 17.7. The standard InChI is InChI=1S/C21H21N3O2/c25-24(26)17-11-9-16(10-12-17)19-20-18(15-7-3-1-4-8-15)22-21(23(19)20)13-5-2-6-14-21/h1,3-4,7-12,19-20H,2,5-6,13-14H2/t19-,20+,23?/m0/s1. The van der Waals surface area contributed by atoms with Crippen molar-refractivity contribution >= 4 is 11.4 Å². The third-order valence-corrected chi connectivity index (χ3v) is 6.07. The van der Waals surface area contributed by atoms with Crippen molar-refractivity contribution < 1.29 is 4.92 Å². The van der Waals surface area contributed by atoms with Crippen molar-refractivity contribution in [1.82, 2.24) is 4.90 Å². The van der Waals surface area contributed by atoms with Gasteiger partial charge in [-0.05, 0) is 36.8 Å². The molecular formula is C21H21N3O2. The predicted molar refractivity (Wildman–Crippen MR) is 100 cm³/mol. The van der Waals surface area contributed by atoms with Crippen LogP contribution in [-0.2, 0) is 0 Å². The van der Waals surface area contributed by atoms with Gasteiger partial charge in [-0.2, -0.15) is 0 Å². The van der Waals surface area contributed by atoms with Crippen LogP contribution in [0.25, 0.3) is 0 Å². The first kappa shape index (κ1) is 15.7. The lowest BCUT2D eigenvalue weighted by Crippen LogP contribution is -2.36. The van der Waals surface area contributed by atoms with E-state index in [0.717, 1.165) is 18.4 Å². The largest absolute Gasteiger partial charge is 0.269 e. The van der Waals surface area contributed by atoms with Crippen molar-refractivity contribution in [3.8, 4) is 0 Å². The Morgan fingerprint density at radius 2 is 1.65 bits per heavy atom. The van der Waals surface area contributed by atoms with Crippen molar-refractivity contribution in [2.24, 2.45) is 4.99 Å². The summed E-state index contributed by atoms with van der Waals surface area (Å²) >= 11 is 0. The van der Waals surface area contributed by atoms with Crippen LogP contribution in [0.4, 0.5) is 5.69 Å². The van der Waals surface area contributed by atoms with E-state index < -0.39 is 0 Å². The van der Waals surface area contributed by atoms with E-state index >= 15 is 0 Å². The lowest BCUT2D eigenvalue weighted by atomic mass is 9.89. The zero-order valence-corrected chi connectivity index (χ0v) is 14.5. The summed E-state index contributed by atoms with van der Waals surface area (Å²) < 4.78 is 0. The molecule has 1 spiro atoms. The molecule has 2 aromatic carbocycles. The maximum atomic E-state index is 10.9. The van der Waals surface area contributed by atoms with Gasteiger partial charge in [0.15, 0.2) is 0 Å². The van der Waals surface area contributed by atoms with E-state index in [4.69, 9.17) is 4.99 Å². The summed E-state index contributed by atoms with van der Waals surface area (Å²) in [4.78, 5) is 18.4. The number of hydrogen-bond donors (Lipinski definition) is 0. The van der Waals surface area contributed by atoms with Crippen LogP contribution in [0.2, 0.25) is 0 Å². The van der Waals surface area contributed by atoms with E-state index in [0.29, 0.717) is 12.1 Å².